The van der Waals surface area contributed by atoms with Crippen molar-refractivity contribution >= 4 is 17.4 Å². The summed E-state index contributed by atoms with van der Waals surface area (Å²) in [5.41, 5.74) is 0.827. The lowest BCUT2D eigenvalue weighted by atomic mass is 10.2. The number of benzene rings is 2. The van der Waals surface area contributed by atoms with Gasteiger partial charge in [0.05, 0.1) is 11.5 Å². The average Bonchev–Trinajstić information content (AvgIpc) is 3.20. The molecule has 2 N–H and O–H groups in total. The summed E-state index contributed by atoms with van der Waals surface area (Å²) in [5.74, 6) is 1.65. The molecule has 12 heteroatoms. The van der Waals surface area contributed by atoms with Crippen LogP contribution >= 0.6 is 11.8 Å². The zero-order valence-corrected chi connectivity index (χ0v) is 18.9. The third kappa shape index (κ3) is 5.41. The van der Waals surface area contributed by atoms with Crippen molar-refractivity contribution in [1.29, 1.82) is 0 Å². The van der Waals surface area contributed by atoms with Gasteiger partial charge in [0.1, 0.15) is 11.6 Å². The van der Waals surface area contributed by atoms with Crippen LogP contribution in [0.15, 0.2) is 69.3 Å². The van der Waals surface area contributed by atoms with E-state index in [1.54, 1.807) is 12.1 Å². The normalized spacial score (nSPS) is 10.9. The van der Waals surface area contributed by atoms with E-state index in [1.807, 2.05) is 35.8 Å². The molecule has 0 saturated heterocycles. The number of aromatic amines is 2. The molecular formula is C22H20N6O5S. The number of rotatable bonds is 9. The summed E-state index contributed by atoms with van der Waals surface area (Å²) in [4.78, 5) is 38.8. The van der Waals surface area contributed by atoms with E-state index in [0.29, 0.717) is 34.8 Å². The van der Waals surface area contributed by atoms with Crippen LogP contribution in [0.2, 0.25) is 0 Å². The van der Waals surface area contributed by atoms with Gasteiger partial charge < -0.3 is 9.72 Å². The molecule has 174 valence electrons. The number of nitro benzene ring substituents is 1. The molecule has 0 saturated carbocycles. The maximum Gasteiger partial charge on any atom is 0.325 e. The quantitative estimate of drug-likeness (QED) is 0.211. The molecule has 0 aliphatic rings. The first-order chi connectivity index (χ1) is 16.4. The monoisotopic (exact) mass is 480 g/mol. The molecule has 4 aromatic rings. The molecule has 11 nitrogen and oxygen atoms in total. The van der Waals surface area contributed by atoms with Gasteiger partial charge in [0.25, 0.3) is 11.2 Å². The predicted molar refractivity (Wildman–Crippen MR) is 126 cm³/mol. The SMILES string of the molecule is CCOc1ccc(-n2c(Cc3cc(=O)[nH]c(=O)[nH]3)nnc2SCc2cccc([N+](=O)[O-])c2)cc1. The highest BCUT2D eigenvalue weighted by atomic mass is 32.2. The number of aromatic nitrogens is 5. The highest BCUT2D eigenvalue weighted by molar-refractivity contribution is 7.98. The highest BCUT2D eigenvalue weighted by Crippen LogP contribution is 2.28. The van der Waals surface area contributed by atoms with Gasteiger partial charge in [-0.05, 0) is 36.8 Å². The Labute approximate surface area is 197 Å². The van der Waals surface area contributed by atoms with Crippen LogP contribution in [0.1, 0.15) is 24.0 Å². The van der Waals surface area contributed by atoms with Gasteiger partial charge >= 0.3 is 5.69 Å². The number of non-ortho nitro benzene ring substituents is 1. The number of hydrogen-bond donors (Lipinski definition) is 2. The van der Waals surface area contributed by atoms with Crippen molar-refractivity contribution in [2.24, 2.45) is 0 Å². The van der Waals surface area contributed by atoms with Gasteiger partial charge in [0.15, 0.2) is 5.16 Å². The van der Waals surface area contributed by atoms with Crippen molar-refractivity contribution in [3.63, 3.8) is 0 Å². The Morgan fingerprint density at radius 2 is 1.88 bits per heavy atom. The molecule has 0 bridgehead atoms. The molecule has 0 aliphatic heterocycles. The Kier molecular flexibility index (Phi) is 6.87. The Hall–Kier alpha value is -4.19. The molecule has 2 heterocycles. The zero-order valence-electron chi connectivity index (χ0n) is 18.1. The first-order valence-corrected chi connectivity index (χ1v) is 11.3. The third-order valence-corrected chi connectivity index (χ3v) is 5.76. The smallest absolute Gasteiger partial charge is 0.325 e. The largest absolute Gasteiger partial charge is 0.494 e. The van der Waals surface area contributed by atoms with Crippen LogP contribution in [0.4, 0.5) is 5.69 Å². The molecule has 2 aromatic heterocycles. The number of hydrogen-bond acceptors (Lipinski definition) is 8. The van der Waals surface area contributed by atoms with E-state index in [4.69, 9.17) is 4.74 Å². The number of thioether (sulfide) groups is 1. The summed E-state index contributed by atoms with van der Waals surface area (Å²) in [7, 11) is 0. The van der Waals surface area contributed by atoms with Gasteiger partial charge in [-0.25, -0.2) is 4.79 Å². The summed E-state index contributed by atoms with van der Waals surface area (Å²) in [6, 6.07) is 15.1. The molecular weight excluding hydrogens is 460 g/mol. The van der Waals surface area contributed by atoms with E-state index in [9.17, 15) is 19.7 Å². The number of nitrogens with one attached hydrogen (secondary N) is 2. The van der Waals surface area contributed by atoms with E-state index >= 15 is 0 Å². The van der Waals surface area contributed by atoms with Crippen molar-refractivity contribution in [2.45, 2.75) is 24.3 Å². The minimum absolute atomic E-state index is 0.0185. The summed E-state index contributed by atoms with van der Waals surface area (Å²) in [6.45, 7) is 2.44. The number of nitro groups is 1. The lowest BCUT2D eigenvalue weighted by Gasteiger charge is -2.11. The van der Waals surface area contributed by atoms with Crippen LogP contribution in [0.5, 0.6) is 5.75 Å². The van der Waals surface area contributed by atoms with Crippen LogP contribution < -0.4 is 16.0 Å². The van der Waals surface area contributed by atoms with Gasteiger partial charge in [0, 0.05) is 41.8 Å². The first kappa shape index (κ1) is 23.0. The van der Waals surface area contributed by atoms with E-state index in [1.165, 1.54) is 30.0 Å². The van der Waals surface area contributed by atoms with Crippen molar-refractivity contribution in [1.82, 2.24) is 24.7 Å². The molecule has 0 atom stereocenters. The molecule has 0 aliphatic carbocycles. The molecule has 34 heavy (non-hydrogen) atoms. The fraction of sp³-hybridized carbons (Fsp3) is 0.182. The number of H-pyrrole nitrogens is 2. The van der Waals surface area contributed by atoms with E-state index in [-0.39, 0.29) is 12.1 Å². The lowest BCUT2D eigenvalue weighted by molar-refractivity contribution is -0.384. The van der Waals surface area contributed by atoms with E-state index < -0.39 is 16.2 Å². The molecule has 4 rings (SSSR count). The molecule has 2 aromatic carbocycles. The molecule has 0 radical (unpaired) electrons. The van der Waals surface area contributed by atoms with Gasteiger partial charge in [-0.2, -0.15) is 0 Å². The molecule has 0 spiro atoms. The summed E-state index contributed by atoms with van der Waals surface area (Å²) in [6.07, 6.45) is 0.163. The minimum atomic E-state index is -0.602. The van der Waals surface area contributed by atoms with Crippen LogP contribution in [-0.2, 0) is 12.2 Å². The van der Waals surface area contributed by atoms with Crippen LogP contribution in [-0.4, -0.2) is 36.3 Å². The maximum atomic E-state index is 11.7. The van der Waals surface area contributed by atoms with Crippen LogP contribution in [0.3, 0.4) is 0 Å². The summed E-state index contributed by atoms with van der Waals surface area (Å²) < 4.78 is 7.33. The fourth-order valence-electron chi connectivity index (χ4n) is 3.32. The number of nitrogens with zero attached hydrogens (tertiary/aromatic N) is 4. The maximum absolute atomic E-state index is 11.7. The van der Waals surface area contributed by atoms with Crippen molar-refractivity contribution in [3.8, 4) is 11.4 Å². The minimum Gasteiger partial charge on any atom is -0.494 e. The van der Waals surface area contributed by atoms with Crippen molar-refractivity contribution < 1.29 is 9.66 Å². The summed E-state index contributed by atoms with van der Waals surface area (Å²) in [5, 5.41) is 20.2. The summed E-state index contributed by atoms with van der Waals surface area (Å²) >= 11 is 1.36. The molecule has 0 unspecified atom stereocenters. The molecule has 0 fully saturated rings. The second-order valence-electron chi connectivity index (χ2n) is 7.17. The van der Waals surface area contributed by atoms with E-state index in [2.05, 4.69) is 20.2 Å². The topological polar surface area (TPSA) is 149 Å². The van der Waals surface area contributed by atoms with E-state index in [0.717, 1.165) is 11.3 Å². The van der Waals surface area contributed by atoms with Gasteiger partial charge in [0.2, 0.25) is 0 Å². The first-order valence-electron chi connectivity index (χ1n) is 10.3. The third-order valence-electron chi connectivity index (χ3n) is 4.76. The fourth-order valence-corrected chi connectivity index (χ4v) is 4.23. The standard InChI is InChI=1S/C22H20N6O5S/c1-2-33-18-8-6-16(7-9-18)27-19(11-15-12-20(29)24-21(30)23-15)25-26-22(27)34-13-14-4-3-5-17(10-14)28(31)32/h3-10,12H,2,11,13H2,1H3,(H2,23,24,29,30). The second-order valence-corrected chi connectivity index (χ2v) is 8.11. The Morgan fingerprint density at radius 3 is 2.59 bits per heavy atom. The highest BCUT2D eigenvalue weighted by Gasteiger charge is 2.17. The Morgan fingerprint density at radius 1 is 1.09 bits per heavy atom. The zero-order chi connectivity index (χ0) is 24.1. The average molecular weight is 481 g/mol. The predicted octanol–water partition coefficient (Wildman–Crippen LogP) is 2.83. The molecule has 0 amide bonds. The second kappa shape index (κ2) is 10.2. The van der Waals surface area contributed by atoms with Gasteiger partial charge in [-0.1, -0.05) is 23.9 Å². The van der Waals surface area contributed by atoms with Crippen molar-refractivity contribution in [3.05, 3.63) is 103 Å². The number of ether oxygens (including phenoxy) is 1. The van der Waals surface area contributed by atoms with Gasteiger partial charge in [-0.3, -0.25) is 24.5 Å². The van der Waals surface area contributed by atoms with Gasteiger partial charge in [-0.15, -0.1) is 10.2 Å². The van der Waals surface area contributed by atoms with Crippen LogP contribution in [0, 0.1) is 10.1 Å². The Bertz CT molecular complexity index is 1400. The lowest BCUT2D eigenvalue weighted by Crippen LogP contribution is -2.23. The van der Waals surface area contributed by atoms with Crippen molar-refractivity contribution in [2.75, 3.05) is 6.61 Å². The Balaban J connectivity index is 1.68. The van der Waals surface area contributed by atoms with Crippen LogP contribution in [0.25, 0.3) is 5.69 Å².